The number of rotatable bonds is 3. The molecule has 0 radical (unpaired) electrons. The number of furan rings is 1. The monoisotopic (exact) mass is 429 g/mol. The van der Waals surface area contributed by atoms with Gasteiger partial charge >= 0.3 is 6.03 Å². The van der Waals surface area contributed by atoms with E-state index in [1.807, 2.05) is 18.2 Å². The van der Waals surface area contributed by atoms with Gasteiger partial charge in [0.15, 0.2) is 5.76 Å². The Morgan fingerprint density at radius 3 is 2.41 bits per heavy atom. The van der Waals surface area contributed by atoms with Crippen LogP contribution in [-0.4, -0.2) is 23.4 Å². The Labute approximate surface area is 177 Å². The Morgan fingerprint density at radius 1 is 0.931 bits per heavy atom. The number of carbonyl (C=O) groups excluding carboxylic acids is 2. The van der Waals surface area contributed by atoms with Gasteiger partial charge in [0.2, 0.25) is 0 Å². The van der Waals surface area contributed by atoms with E-state index in [9.17, 15) is 9.59 Å². The molecule has 0 fully saturated rings. The van der Waals surface area contributed by atoms with E-state index in [2.05, 4.69) is 10.6 Å². The van der Waals surface area contributed by atoms with Gasteiger partial charge < -0.3 is 20.0 Å². The molecule has 29 heavy (non-hydrogen) atoms. The Hall–Kier alpha value is -2.96. The third kappa shape index (κ3) is 4.39. The molecule has 0 spiro atoms. The van der Waals surface area contributed by atoms with E-state index in [4.69, 9.17) is 27.6 Å². The zero-order chi connectivity index (χ0) is 20.4. The van der Waals surface area contributed by atoms with E-state index < -0.39 is 6.03 Å². The number of amides is 3. The van der Waals surface area contributed by atoms with E-state index in [1.54, 1.807) is 35.2 Å². The minimum Gasteiger partial charge on any atom is -0.459 e. The predicted octanol–water partition coefficient (Wildman–Crippen LogP) is 5.43. The van der Waals surface area contributed by atoms with Crippen molar-refractivity contribution in [1.82, 2.24) is 4.90 Å². The molecule has 2 heterocycles. The Balaban J connectivity index is 1.44. The summed E-state index contributed by atoms with van der Waals surface area (Å²) in [6.07, 6.45) is 2.23. The first-order valence-corrected chi connectivity index (χ1v) is 9.73. The topological polar surface area (TPSA) is 74.6 Å². The van der Waals surface area contributed by atoms with Crippen LogP contribution in [0.4, 0.5) is 16.2 Å². The first kappa shape index (κ1) is 19.4. The fourth-order valence-corrected chi connectivity index (χ4v) is 3.53. The Morgan fingerprint density at radius 2 is 1.69 bits per heavy atom. The third-order valence-corrected chi connectivity index (χ3v) is 5.41. The summed E-state index contributed by atoms with van der Waals surface area (Å²) in [6, 6.07) is 13.5. The molecule has 2 N–H and O–H groups in total. The average molecular weight is 430 g/mol. The molecule has 148 valence electrons. The van der Waals surface area contributed by atoms with Gasteiger partial charge in [0.05, 0.1) is 16.3 Å². The summed E-state index contributed by atoms with van der Waals surface area (Å²) in [4.78, 5) is 26.6. The summed E-state index contributed by atoms with van der Waals surface area (Å²) in [5.41, 5.74) is 3.31. The van der Waals surface area contributed by atoms with Crippen molar-refractivity contribution in [3.63, 3.8) is 0 Å². The Kier molecular flexibility index (Phi) is 5.47. The number of nitrogens with one attached hydrogen (secondary N) is 2. The van der Waals surface area contributed by atoms with Crippen LogP contribution in [0.5, 0.6) is 0 Å². The molecule has 2 aromatic carbocycles. The van der Waals surface area contributed by atoms with Crippen molar-refractivity contribution in [3.05, 3.63) is 81.7 Å². The van der Waals surface area contributed by atoms with Gasteiger partial charge in [-0.1, -0.05) is 29.3 Å². The van der Waals surface area contributed by atoms with Crippen LogP contribution in [0.1, 0.15) is 21.7 Å². The van der Waals surface area contributed by atoms with Gasteiger partial charge in [-0.2, -0.15) is 0 Å². The minimum atomic E-state index is -0.400. The van der Waals surface area contributed by atoms with Crippen molar-refractivity contribution in [2.45, 2.75) is 13.0 Å². The lowest BCUT2D eigenvalue weighted by Gasteiger charge is -2.28. The molecule has 1 aliphatic heterocycles. The van der Waals surface area contributed by atoms with Crippen molar-refractivity contribution in [2.75, 3.05) is 17.2 Å². The first-order chi connectivity index (χ1) is 14.0. The van der Waals surface area contributed by atoms with Gasteiger partial charge in [0.25, 0.3) is 5.91 Å². The van der Waals surface area contributed by atoms with Gasteiger partial charge in [0.1, 0.15) is 0 Å². The van der Waals surface area contributed by atoms with Crippen molar-refractivity contribution in [3.8, 4) is 0 Å². The summed E-state index contributed by atoms with van der Waals surface area (Å²) >= 11 is 11.9. The van der Waals surface area contributed by atoms with E-state index in [0.29, 0.717) is 40.3 Å². The van der Waals surface area contributed by atoms with Gasteiger partial charge in [-0.3, -0.25) is 4.79 Å². The van der Waals surface area contributed by atoms with Crippen LogP contribution in [0.25, 0.3) is 0 Å². The largest absolute Gasteiger partial charge is 0.459 e. The molecule has 6 nitrogen and oxygen atoms in total. The molecule has 1 aliphatic rings. The second kappa shape index (κ2) is 8.19. The highest BCUT2D eigenvalue weighted by molar-refractivity contribution is 6.42. The fourth-order valence-electron chi connectivity index (χ4n) is 3.23. The molecule has 0 bridgehead atoms. The summed E-state index contributed by atoms with van der Waals surface area (Å²) in [5.74, 6) is 0.181. The van der Waals surface area contributed by atoms with Crippen LogP contribution in [-0.2, 0) is 13.0 Å². The second-order valence-electron chi connectivity index (χ2n) is 6.65. The smallest absolute Gasteiger partial charge is 0.323 e. The maximum atomic E-state index is 12.5. The highest BCUT2D eigenvalue weighted by Crippen LogP contribution is 2.26. The number of fused-ring (bicyclic) bond motifs is 1. The van der Waals surface area contributed by atoms with Crippen LogP contribution in [0.3, 0.4) is 0 Å². The number of anilines is 2. The SMILES string of the molecule is O=C(Nc1ccc(Cl)c(Cl)c1)Nc1ccc2c(c1)CN(C(=O)c1ccco1)CC2. The normalized spacial score (nSPS) is 13.0. The summed E-state index contributed by atoms with van der Waals surface area (Å²) in [6.45, 7) is 1.08. The molecular weight excluding hydrogens is 413 g/mol. The maximum Gasteiger partial charge on any atom is 0.323 e. The van der Waals surface area contributed by atoms with E-state index in [0.717, 1.165) is 17.5 Å². The number of nitrogens with zero attached hydrogens (tertiary/aromatic N) is 1. The van der Waals surface area contributed by atoms with Crippen LogP contribution >= 0.6 is 23.2 Å². The number of carbonyl (C=O) groups is 2. The molecule has 0 aliphatic carbocycles. The van der Waals surface area contributed by atoms with Crippen molar-refractivity contribution in [1.29, 1.82) is 0 Å². The standard InChI is InChI=1S/C21H17Cl2N3O3/c22-17-6-5-16(11-18(17)23)25-21(28)24-15-4-3-13-7-8-26(12-14(13)10-15)20(27)19-2-1-9-29-19/h1-6,9-11H,7-8,12H2,(H2,24,25,28). The summed E-state index contributed by atoms with van der Waals surface area (Å²) in [5, 5.41) is 6.29. The molecule has 0 unspecified atom stereocenters. The van der Waals surface area contributed by atoms with Crippen LogP contribution in [0.15, 0.2) is 59.2 Å². The van der Waals surface area contributed by atoms with Gasteiger partial charge in [-0.15, -0.1) is 0 Å². The summed E-state index contributed by atoms with van der Waals surface area (Å²) in [7, 11) is 0. The minimum absolute atomic E-state index is 0.142. The first-order valence-electron chi connectivity index (χ1n) is 8.97. The van der Waals surface area contributed by atoms with E-state index >= 15 is 0 Å². The lowest BCUT2D eigenvalue weighted by atomic mass is 9.99. The zero-order valence-electron chi connectivity index (χ0n) is 15.2. The second-order valence-corrected chi connectivity index (χ2v) is 7.46. The summed E-state index contributed by atoms with van der Waals surface area (Å²) < 4.78 is 5.21. The number of hydrogen-bond acceptors (Lipinski definition) is 3. The van der Waals surface area contributed by atoms with Crippen molar-refractivity contribution in [2.24, 2.45) is 0 Å². The fraction of sp³-hybridized carbons (Fsp3) is 0.143. The molecule has 0 saturated carbocycles. The maximum absolute atomic E-state index is 12.5. The Bertz CT molecular complexity index is 1070. The molecule has 1 aromatic heterocycles. The van der Waals surface area contributed by atoms with E-state index in [1.165, 1.54) is 6.26 Å². The molecule has 0 saturated heterocycles. The van der Waals surface area contributed by atoms with Gasteiger partial charge in [-0.05, 0) is 60.0 Å². The quantitative estimate of drug-likeness (QED) is 0.582. The highest BCUT2D eigenvalue weighted by Gasteiger charge is 2.23. The van der Waals surface area contributed by atoms with Crippen molar-refractivity contribution < 1.29 is 14.0 Å². The van der Waals surface area contributed by atoms with Crippen LogP contribution in [0, 0.1) is 0 Å². The van der Waals surface area contributed by atoms with Gasteiger partial charge in [-0.25, -0.2) is 4.79 Å². The molecule has 0 atom stereocenters. The number of urea groups is 1. The van der Waals surface area contributed by atoms with E-state index in [-0.39, 0.29) is 5.91 Å². The number of benzene rings is 2. The van der Waals surface area contributed by atoms with Crippen LogP contribution < -0.4 is 10.6 Å². The van der Waals surface area contributed by atoms with Crippen molar-refractivity contribution >= 4 is 46.5 Å². The number of hydrogen-bond donors (Lipinski definition) is 2. The van der Waals surface area contributed by atoms with Gasteiger partial charge in [0, 0.05) is 24.5 Å². The lowest BCUT2D eigenvalue weighted by Crippen LogP contribution is -2.35. The molecular formula is C21H17Cl2N3O3. The lowest BCUT2D eigenvalue weighted by molar-refractivity contribution is 0.0702. The molecule has 4 rings (SSSR count). The highest BCUT2D eigenvalue weighted by atomic mass is 35.5. The molecule has 3 aromatic rings. The predicted molar refractivity (Wildman–Crippen MR) is 113 cm³/mol. The third-order valence-electron chi connectivity index (χ3n) is 4.67. The molecule has 8 heteroatoms. The zero-order valence-corrected chi connectivity index (χ0v) is 16.8. The number of halogens is 2. The molecule has 3 amide bonds. The average Bonchev–Trinajstić information content (AvgIpc) is 3.24. The van der Waals surface area contributed by atoms with Crippen LogP contribution in [0.2, 0.25) is 10.0 Å².